The van der Waals surface area contributed by atoms with Crippen molar-refractivity contribution in [3.8, 4) is 6.07 Å². The normalized spacial score (nSPS) is 27.0. The van der Waals surface area contributed by atoms with Gasteiger partial charge in [0.1, 0.15) is 5.82 Å². The molecule has 3 fully saturated rings. The molecule has 2 aliphatic carbocycles. The van der Waals surface area contributed by atoms with Gasteiger partial charge < -0.3 is 15.3 Å². The number of hydrogen-bond donors (Lipinski definition) is 2. The van der Waals surface area contributed by atoms with Gasteiger partial charge in [0.25, 0.3) is 0 Å². The van der Waals surface area contributed by atoms with E-state index in [1.165, 1.54) is 0 Å². The van der Waals surface area contributed by atoms with Crippen LogP contribution in [0, 0.1) is 23.1 Å². The first kappa shape index (κ1) is 25.5. The Bertz CT molecular complexity index is 1210. The van der Waals surface area contributed by atoms with Crippen LogP contribution in [0.15, 0.2) is 42.5 Å². The molecule has 10 heteroatoms. The summed E-state index contributed by atoms with van der Waals surface area (Å²) in [4.78, 5) is 17.2. The number of anilines is 1. The summed E-state index contributed by atoms with van der Waals surface area (Å²) in [5, 5.41) is 21.5. The van der Waals surface area contributed by atoms with Crippen LogP contribution in [0.4, 0.5) is 28.0 Å². The monoisotopic (exact) mass is 516 g/mol. The van der Waals surface area contributed by atoms with E-state index >= 15 is 0 Å². The highest BCUT2D eigenvalue weighted by molar-refractivity contribution is 5.89. The number of fused-ring (bicyclic) bond motifs is 1. The molecule has 2 amide bonds. The molecule has 0 radical (unpaired) electrons. The Morgan fingerprint density at radius 1 is 1.22 bits per heavy atom. The number of hydrogen-bond acceptors (Lipinski definition) is 4. The fourth-order valence-electron chi connectivity index (χ4n) is 6.16. The molecule has 196 valence electrons. The lowest BCUT2D eigenvalue weighted by atomic mass is 9.93. The summed E-state index contributed by atoms with van der Waals surface area (Å²) < 4.78 is 53.3. The SMILES string of the molecule is N#Cc1ccc([C@]23CC[C@@H](N(CCN4CC[C@@H](O)C4)C(=O)Nc4ccc(F)c(C(F)(F)F)c4)[C@H]2C3)cc1. The molecular weight excluding hydrogens is 488 g/mol. The smallest absolute Gasteiger partial charge is 0.392 e. The van der Waals surface area contributed by atoms with Crippen LogP contribution in [0.5, 0.6) is 0 Å². The van der Waals surface area contributed by atoms with Crippen LogP contribution in [0.25, 0.3) is 0 Å². The van der Waals surface area contributed by atoms with Gasteiger partial charge in [-0.15, -0.1) is 0 Å². The van der Waals surface area contributed by atoms with E-state index in [4.69, 9.17) is 5.26 Å². The number of aliphatic hydroxyl groups is 1. The third-order valence-electron chi connectivity index (χ3n) is 8.16. The molecule has 37 heavy (non-hydrogen) atoms. The number of nitriles is 1. The average Bonchev–Trinajstić information content (AvgIpc) is 3.26. The second-order valence-electron chi connectivity index (χ2n) is 10.3. The summed E-state index contributed by atoms with van der Waals surface area (Å²) in [6.45, 7) is 2.13. The predicted molar refractivity (Wildman–Crippen MR) is 128 cm³/mol. The van der Waals surface area contributed by atoms with E-state index in [1.807, 2.05) is 12.1 Å². The summed E-state index contributed by atoms with van der Waals surface area (Å²) in [5.41, 5.74) is 0.104. The molecule has 3 aliphatic rings. The molecule has 1 saturated heterocycles. The average molecular weight is 517 g/mol. The number of rotatable bonds is 6. The second kappa shape index (κ2) is 9.62. The first-order chi connectivity index (χ1) is 17.6. The van der Waals surface area contributed by atoms with Gasteiger partial charge in [0.2, 0.25) is 0 Å². The number of carbonyl (C=O) groups excluding carboxylic acids is 1. The van der Waals surface area contributed by atoms with Crippen LogP contribution in [0.2, 0.25) is 0 Å². The number of alkyl halides is 3. The van der Waals surface area contributed by atoms with E-state index in [0.29, 0.717) is 50.3 Å². The van der Waals surface area contributed by atoms with E-state index in [2.05, 4.69) is 16.3 Å². The van der Waals surface area contributed by atoms with E-state index in [9.17, 15) is 27.5 Å². The highest BCUT2D eigenvalue weighted by Gasteiger charge is 2.64. The van der Waals surface area contributed by atoms with Crippen LogP contribution < -0.4 is 5.32 Å². The molecular formula is C27H28F4N4O2. The van der Waals surface area contributed by atoms with Crippen molar-refractivity contribution in [3.63, 3.8) is 0 Å². The summed E-state index contributed by atoms with van der Waals surface area (Å²) in [6.07, 6.45) is -2.10. The van der Waals surface area contributed by atoms with Crippen LogP contribution >= 0.6 is 0 Å². The number of aliphatic hydroxyl groups excluding tert-OH is 1. The zero-order valence-electron chi connectivity index (χ0n) is 20.1. The van der Waals surface area contributed by atoms with Gasteiger partial charge in [-0.3, -0.25) is 4.90 Å². The van der Waals surface area contributed by atoms with Crippen molar-refractivity contribution in [1.29, 1.82) is 5.26 Å². The van der Waals surface area contributed by atoms with Gasteiger partial charge in [-0.25, -0.2) is 9.18 Å². The number of urea groups is 1. The fraction of sp³-hybridized carbons (Fsp3) is 0.481. The van der Waals surface area contributed by atoms with Gasteiger partial charge in [-0.1, -0.05) is 12.1 Å². The van der Waals surface area contributed by atoms with Gasteiger partial charge in [-0.2, -0.15) is 18.4 Å². The number of nitrogens with zero attached hydrogens (tertiary/aromatic N) is 3. The molecule has 2 N–H and O–H groups in total. The van der Waals surface area contributed by atoms with Crippen LogP contribution in [0.3, 0.4) is 0 Å². The lowest BCUT2D eigenvalue weighted by Gasteiger charge is -2.32. The van der Waals surface area contributed by atoms with Crippen molar-refractivity contribution >= 4 is 11.7 Å². The Morgan fingerprint density at radius 2 is 1.97 bits per heavy atom. The quantitative estimate of drug-likeness (QED) is 0.544. The minimum atomic E-state index is -4.87. The minimum absolute atomic E-state index is 0.0691. The number of likely N-dealkylation sites (tertiary alicyclic amines) is 1. The fourth-order valence-corrected chi connectivity index (χ4v) is 6.16. The summed E-state index contributed by atoms with van der Waals surface area (Å²) in [7, 11) is 0. The maximum atomic E-state index is 13.8. The number of amides is 2. The predicted octanol–water partition coefficient (Wildman–Crippen LogP) is 4.74. The summed E-state index contributed by atoms with van der Waals surface area (Å²) in [5.74, 6) is -1.19. The second-order valence-corrected chi connectivity index (χ2v) is 10.3. The third-order valence-corrected chi connectivity index (χ3v) is 8.16. The molecule has 0 unspecified atom stereocenters. The number of carbonyl (C=O) groups is 1. The molecule has 1 heterocycles. The highest BCUT2D eigenvalue weighted by Crippen LogP contribution is 2.65. The number of nitrogens with one attached hydrogen (secondary N) is 1. The van der Waals surface area contributed by atoms with Crippen molar-refractivity contribution in [3.05, 3.63) is 65.0 Å². The Hall–Kier alpha value is -3.16. The van der Waals surface area contributed by atoms with Gasteiger partial charge in [0.15, 0.2) is 0 Å². The van der Waals surface area contributed by atoms with Crippen molar-refractivity contribution in [1.82, 2.24) is 9.80 Å². The molecule has 4 atom stereocenters. The van der Waals surface area contributed by atoms with E-state index in [0.717, 1.165) is 30.9 Å². The number of halogens is 4. The maximum absolute atomic E-state index is 13.8. The Labute approximate surface area is 212 Å². The molecule has 1 aliphatic heterocycles. The Balaban J connectivity index is 1.35. The van der Waals surface area contributed by atoms with Gasteiger partial charge in [-0.05, 0) is 67.5 Å². The van der Waals surface area contributed by atoms with Crippen LogP contribution in [0.1, 0.15) is 42.4 Å². The molecule has 2 saturated carbocycles. The number of benzene rings is 2. The summed E-state index contributed by atoms with van der Waals surface area (Å²) >= 11 is 0. The molecule has 2 aromatic rings. The molecule has 0 bridgehead atoms. The van der Waals surface area contributed by atoms with E-state index in [1.54, 1.807) is 17.0 Å². The zero-order valence-corrected chi connectivity index (χ0v) is 20.1. The minimum Gasteiger partial charge on any atom is -0.392 e. The van der Waals surface area contributed by atoms with Crippen molar-refractivity contribution in [2.75, 3.05) is 31.5 Å². The number of β-amino-alcohol motifs (C(OH)–C–C–N with tert-alkyl or cyclic N) is 1. The Kier molecular flexibility index (Phi) is 6.62. The largest absolute Gasteiger partial charge is 0.419 e. The van der Waals surface area contributed by atoms with Crippen molar-refractivity contribution in [2.24, 2.45) is 5.92 Å². The molecule has 0 aromatic heterocycles. The van der Waals surface area contributed by atoms with E-state index in [-0.39, 0.29) is 23.1 Å². The van der Waals surface area contributed by atoms with Crippen molar-refractivity contribution < 1.29 is 27.5 Å². The third kappa shape index (κ3) is 5.03. The summed E-state index contributed by atoms with van der Waals surface area (Å²) in [6, 6.07) is 11.5. The van der Waals surface area contributed by atoms with Crippen molar-refractivity contribution in [2.45, 2.75) is 49.4 Å². The topological polar surface area (TPSA) is 79.6 Å². The Morgan fingerprint density at radius 3 is 2.59 bits per heavy atom. The highest BCUT2D eigenvalue weighted by atomic mass is 19.4. The van der Waals surface area contributed by atoms with E-state index < -0.39 is 29.7 Å². The molecule has 0 spiro atoms. The maximum Gasteiger partial charge on any atom is 0.419 e. The van der Waals surface area contributed by atoms with Crippen LogP contribution in [-0.2, 0) is 11.6 Å². The first-order valence-electron chi connectivity index (χ1n) is 12.5. The molecule has 5 rings (SSSR count). The van der Waals surface area contributed by atoms with Gasteiger partial charge in [0.05, 0.1) is 23.3 Å². The van der Waals surface area contributed by atoms with Gasteiger partial charge in [0, 0.05) is 43.3 Å². The lowest BCUT2D eigenvalue weighted by molar-refractivity contribution is -0.139. The van der Waals surface area contributed by atoms with Gasteiger partial charge >= 0.3 is 12.2 Å². The van der Waals surface area contributed by atoms with Crippen LogP contribution in [-0.4, -0.2) is 59.3 Å². The lowest BCUT2D eigenvalue weighted by Crippen LogP contribution is -2.47. The standard InChI is InChI=1S/C27H28F4N4O2/c28-23-6-5-19(13-21(23)27(29,30)31)33-25(37)35(12-11-34-10-8-20(36)16-34)24-7-9-26(14-22(24)26)18-3-1-17(15-32)2-4-18/h1-6,13,20,22,24,36H,7-12,14,16H2,(H,33,37)/t20-,22-,24-,26-/m1/s1. The molecule has 2 aromatic carbocycles. The zero-order chi connectivity index (χ0) is 26.4. The molecule has 6 nitrogen and oxygen atoms in total. The first-order valence-corrected chi connectivity index (χ1v) is 12.5.